The van der Waals surface area contributed by atoms with Crippen LogP contribution in [0.4, 0.5) is 13.2 Å². The van der Waals surface area contributed by atoms with Crippen molar-refractivity contribution in [3.8, 4) is 5.75 Å². The molecule has 0 saturated carbocycles. The highest BCUT2D eigenvalue weighted by molar-refractivity contribution is 5.41. The predicted molar refractivity (Wildman–Crippen MR) is 44.9 cm³/mol. The third-order valence-corrected chi connectivity index (χ3v) is 2.02. The van der Waals surface area contributed by atoms with Gasteiger partial charge in [-0.1, -0.05) is 0 Å². The summed E-state index contributed by atoms with van der Waals surface area (Å²) in [5, 5.41) is 0. The van der Waals surface area contributed by atoms with Crippen molar-refractivity contribution in [1.82, 2.24) is 0 Å². The first-order valence-corrected chi connectivity index (χ1v) is 4.09. The van der Waals surface area contributed by atoms with Crippen molar-refractivity contribution in [1.29, 1.82) is 0 Å². The van der Waals surface area contributed by atoms with Crippen LogP contribution in [0.2, 0.25) is 0 Å². The summed E-state index contributed by atoms with van der Waals surface area (Å²) >= 11 is 0. The highest BCUT2D eigenvalue weighted by Crippen LogP contribution is 2.33. The lowest BCUT2D eigenvalue weighted by atomic mass is 10.1. The maximum absolute atomic E-state index is 12.3. The molecule has 4 heteroatoms. The summed E-state index contributed by atoms with van der Waals surface area (Å²) < 4.78 is 41.9. The minimum atomic E-state index is -4.28. The number of benzene rings is 1. The zero-order chi connectivity index (χ0) is 10.2. The van der Waals surface area contributed by atoms with Gasteiger partial charge in [-0.25, -0.2) is 0 Å². The van der Waals surface area contributed by atoms with Crippen molar-refractivity contribution in [3.63, 3.8) is 0 Å². The second kappa shape index (κ2) is 3.04. The van der Waals surface area contributed by atoms with Crippen molar-refractivity contribution in [2.75, 3.05) is 0 Å². The lowest BCUT2D eigenvalue weighted by Crippen LogP contribution is -2.06. The Kier molecular flexibility index (Phi) is 1.98. The Labute approximate surface area is 78.8 Å². The van der Waals surface area contributed by atoms with Crippen LogP contribution in [0.5, 0.6) is 5.75 Å². The van der Waals surface area contributed by atoms with Crippen molar-refractivity contribution in [3.05, 3.63) is 41.7 Å². The summed E-state index contributed by atoms with van der Waals surface area (Å²) in [4.78, 5) is 0. The van der Waals surface area contributed by atoms with Crippen LogP contribution in [0.25, 0.3) is 0 Å². The summed E-state index contributed by atoms with van der Waals surface area (Å²) in [7, 11) is 0. The molecule has 0 saturated heterocycles. The molecule has 1 aromatic carbocycles. The van der Waals surface area contributed by atoms with Crippen molar-refractivity contribution in [2.45, 2.75) is 12.6 Å². The van der Waals surface area contributed by atoms with E-state index in [1.807, 2.05) is 0 Å². The molecule has 0 atom stereocenters. The van der Waals surface area contributed by atoms with E-state index in [-0.39, 0.29) is 0 Å². The normalized spacial score (nSPS) is 14.8. The molecule has 1 nitrogen and oxygen atoms in total. The van der Waals surface area contributed by atoms with Gasteiger partial charge in [0.05, 0.1) is 11.8 Å². The van der Waals surface area contributed by atoms with Gasteiger partial charge in [0.2, 0.25) is 0 Å². The molecule has 0 fully saturated rings. The lowest BCUT2D eigenvalue weighted by Gasteiger charge is -2.14. The van der Waals surface area contributed by atoms with E-state index in [4.69, 9.17) is 4.74 Å². The van der Waals surface area contributed by atoms with Crippen molar-refractivity contribution in [2.24, 2.45) is 0 Å². The highest BCUT2D eigenvalue weighted by atomic mass is 19.4. The molecule has 1 aromatic rings. The molecule has 14 heavy (non-hydrogen) atoms. The van der Waals surface area contributed by atoms with Gasteiger partial charge < -0.3 is 4.74 Å². The standard InChI is InChI=1S/C10H7F3O/c11-10(12,13)8-3-4-9-7(6-8)2-1-5-14-9/h1,3-6H,2H2. The molecular formula is C10H7F3O. The first kappa shape index (κ1) is 9.12. The van der Waals surface area contributed by atoms with Gasteiger partial charge in [0.1, 0.15) is 5.75 Å². The van der Waals surface area contributed by atoms with Crippen LogP contribution in [0.1, 0.15) is 11.1 Å². The van der Waals surface area contributed by atoms with Gasteiger partial charge in [-0.15, -0.1) is 0 Å². The fraction of sp³-hybridized carbons (Fsp3) is 0.200. The van der Waals surface area contributed by atoms with Crippen LogP contribution >= 0.6 is 0 Å². The van der Waals surface area contributed by atoms with Crippen molar-refractivity contribution < 1.29 is 17.9 Å². The SMILES string of the molecule is FC(F)(F)c1ccc2c(c1)CC=CO2. The molecule has 0 bridgehead atoms. The Morgan fingerprint density at radius 2 is 2.00 bits per heavy atom. The number of hydrogen-bond donors (Lipinski definition) is 0. The van der Waals surface area contributed by atoms with Crippen LogP contribution in [0.3, 0.4) is 0 Å². The largest absolute Gasteiger partial charge is 0.465 e. The van der Waals surface area contributed by atoms with Gasteiger partial charge in [0, 0.05) is 0 Å². The molecule has 1 heterocycles. The third kappa shape index (κ3) is 1.60. The quantitative estimate of drug-likeness (QED) is 0.625. The zero-order valence-corrected chi connectivity index (χ0v) is 7.14. The molecule has 0 radical (unpaired) electrons. The molecule has 1 aliphatic rings. The Bertz CT molecular complexity index is 379. The van der Waals surface area contributed by atoms with E-state index in [0.29, 0.717) is 17.7 Å². The number of hydrogen-bond acceptors (Lipinski definition) is 1. The number of ether oxygens (including phenoxy) is 1. The number of rotatable bonds is 0. The fourth-order valence-electron chi connectivity index (χ4n) is 1.33. The molecule has 0 N–H and O–H groups in total. The Balaban J connectivity index is 2.41. The molecule has 0 amide bonds. The smallest absolute Gasteiger partial charge is 0.416 e. The molecule has 74 valence electrons. The molecule has 0 spiro atoms. The van der Waals surface area contributed by atoms with Gasteiger partial charge in [-0.3, -0.25) is 0 Å². The van der Waals surface area contributed by atoms with Gasteiger partial charge in [-0.2, -0.15) is 13.2 Å². The number of fused-ring (bicyclic) bond motifs is 1. The predicted octanol–water partition coefficient (Wildman–Crippen LogP) is 3.15. The average Bonchev–Trinajstić information content (AvgIpc) is 2.16. The summed E-state index contributed by atoms with van der Waals surface area (Å²) in [6.45, 7) is 0. The number of alkyl halides is 3. The van der Waals surface area contributed by atoms with E-state index in [9.17, 15) is 13.2 Å². The summed E-state index contributed by atoms with van der Waals surface area (Å²) in [5.74, 6) is 0.500. The van der Waals surface area contributed by atoms with Crippen LogP contribution in [-0.2, 0) is 12.6 Å². The minimum Gasteiger partial charge on any atom is -0.465 e. The minimum absolute atomic E-state index is 0.485. The van der Waals surface area contributed by atoms with Gasteiger partial charge in [0.15, 0.2) is 0 Å². The summed E-state index contributed by atoms with van der Waals surface area (Å²) in [6, 6.07) is 3.50. The zero-order valence-electron chi connectivity index (χ0n) is 7.14. The van der Waals surface area contributed by atoms with E-state index in [2.05, 4.69) is 0 Å². The Morgan fingerprint density at radius 1 is 1.21 bits per heavy atom. The van der Waals surface area contributed by atoms with Crippen LogP contribution in [0.15, 0.2) is 30.5 Å². The van der Waals surface area contributed by atoms with E-state index >= 15 is 0 Å². The van der Waals surface area contributed by atoms with E-state index in [1.54, 1.807) is 6.08 Å². The molecule has 0 aliphatic carbocycles. The van der Waals surface area contributed by atoms with Crippen LogP contribution < -0.4 is 4.74 Å². The van der Waals surface area contributed by atoms with Gasteiger partial charge in [-0.05, 0) is 36.3 Å². The second-order valence-corrected chi connectivity index (χ2v) is 3.01. The first-order chi connectivity index (χ1) is 6.57. The number of halogens is 3. The maximum atomic E-state index is 12.3. The fourth-order valence-corrected chi connectivity index (χ4v) is 1.33. The monoisotopic (exact) mass is 200 g/mol. The Hall–Kier alpha value is -1.45. The van der Waals surface area contributed by atoms with Crippen molar-refractivity contribution >= 4 is 0 Å². The molecule has 0 aromatic heterocycles. The van der Waals surface area contributed by atoms with Gasteiger partial charge in [0.25, 0.3) is 0 Å². The van der Waals surface area contributed by atoms with Crippen LogP contribution in [-0.4, -0.2) is 0 Å². The third-order valence-electron chi connectivity index (χ3n) is 2.02. The highest BCUT2D eigenvalue weighted by Gasteiger charge is 2.31. The Morgan fingerprint density at radius 3 is 2.71 bits per heavy atom. The van der Waals surface area contributed by atoms with Gasteiger partial charge >= 0.3 is 6.18 Å². The molecule has 1 aliphatic heterocycles. The molecular weight excluding hydrogens is 193 g/mol. The van der Waals surface area contributed by atoms with E-state index < -0.39 is 11.7 Å². The average molecular weight is 200 g/mol. The second-order valence-electron chi connectivity index (χ2n) is 3.01. The summed E-state index contributed by atoms with van der Waals surface area (Å²) in [6.07, 6.45) is -0.631. The maximum Gasteiger partial charge on any atom is 0.416 e. The number of allylic oxidation sites excluding steroid dienone is 1. The van der Waals surface area contributed by atoms with Crippen LogP contribution in [0, 0.1) is 0 Å². The summed E-state index contributed by atoms with van der Waals surface area (Å²) in [5.41, 5.74) is -0.0579. The molecule has 2 rings (SSSR count). The van der Waals surface area contributed by atoms with E-state index in [0.717, 1.165) is 12.1 Å². The topological polar surface area (TPSA) is 9.23 Å². The first-order valence-electron chi connectivity index (χ1n) is 4.09. The lowest BCUT2D eigenvalue weighted by molar-refractivity contribution is -0.137. The molecule has 0 unspecified atom stereocenters. The van der Waals surface area contributed by atoms with E-state index in [1.165, 1.54) is 12.3 Å².